The quantitative estimate of drug-likeness (QED) is 0.533. The predicted molar refractivity (Wildman–Crippen MR) is 108 cm³/mol. The molecule has 2 aromatic carbocycles. The molecule has 7 heteroatoms. The largest absolute Gasteiger partial charge is 0.508 e. The van der Waals surface area contributed by atoms with Crippen molar-refractivity contribution in [2.24, 2.45) is 0 Å². The summed E-state index contributed by atoms with van der Waals surface area (Å²) in [6, 6.07) is 10.0. The zero-order valence-corrected chi connectivity index (χ0v) is 16.3. The van der Waals surface area contributed by atoms with Crippen molar-refractivity contribution in [3.8, 4) is 22.8 Å². The van der Waals surface area contributed by atoms with Crippen LogP contribution in [-0.2, 0) is 0 Å². The highest BCUT2D eigenvalue weighted by molar-refractivity contribution is 6.00. The van der Waals surface area contributed by atoms with E-state index in [-0.39, 0.29) is 24.0 Å². The van der Waals surface area contributed by atoms with Crippen molar-refractivity contribution in [3.63, 3.8) is 0 Å². The highest BCUT2D eigenvalue weighted by Gasteiger charge is 2.42. The van der Waals surface area contributed by atoms with E-state index in [1.54, 1.807) is 23.1 Å². The fourth-order valence-corrected chi connectivity index (χ4v) is 4.06. The van der Waals surface area contributed by atoms with Gasteiger partial charge in [0.25, 0.3) is 5.91 Å². The second kappa shape index (κ2) is 7.25. The number of phenols is 2. The number of amides is 1. The van der Waals surface area contributed by atoms with Crippen molar-refractivity contribution in [2.75, 3.05) is 13.2 Å². The van der Waals surface area contributed by atoms with E-state index in [0.29, 0.717) is 35.5 Å². The molecule has 1 atom stereocenters. The number of H-pyrrole nitrogens is 1. The Balaban J connectivity index is 1.92. The van der Waals surface area contributed by atoms with E-state index in [1.807, 2.05) is 32.0 Å². The normalized spacial score (nSPS) is 15.8. The van der Waals surface area contributed by atoms with E-state index >= 15 is 0 Å². The molecular formula is C22H23N3O4. The smallest absolute Gasteiger partial charge is 0.273 e. The molecule has 4 rings (SSSR count). The Morgan fingerprint density at radius 2 is 1.97 bits per heavy atom. The number of fused-ring (bicyclic) bond motifs is 1. The maximum atomic E-state index is 13.1. The van der Waals surface area contributed by atoms with Crippen LogP contribution in [0.2, 0.25) is 0 Å². The van der Waals surface area contributed by atoms with Crippen LogP contribution in [0.1, 0.15) is 45.2 Å². The molecule has 0 fully saturated rings. The Bertz CT molecular complexity index is 1090. The second-order valence-electron chi connectivity index (χ2n) is 7.41. The van der Waals surface area contributed by atoms with Gasteiger partial charge in [0.05, 0.1) is 6.04 Å². The van der Waals surface area contributed by atoms with Crippen molar-refractivity contribution in [1.29, 1.82) is 0 Å². The average molecular weight is 393 g/mol. The van der Waals surface area contributed by atoms with E-state index in [0.717, 1.165) is 16.7 Å². The number of hydrogen-bond donors (Lipinski definition) is 4. The molecule has 1 amide bonds. The van der Waals surface area contributed by atoms with Gasteiger partial charge < -0.3 is 20.2 Å². The first-order valence-corrected chi connectivity index (χ1v) is 9.52. The molecule has 29 heavy (non-hydrogen) atoms. The molecule has 150 valence electrons. The number of hydrogen-bond acceptors (Lipinski definition) is 5. The van der Waals surface area contributed by atoms with Gasteiger partial charge in [-0.2, -0.15) is 5.10 Å². The van der Waals surface area contributed by atoms with Crippen LogP contribution in [0.25, 0.3) is 11.3 Å². The standard InChI is InChI=1S/C22H23N3O4/c1-12-9-13(2)21(28)16(10-12)18-17-19(24-23-18)22(29)25(7-4-8-26)20(17)14-5-3-6-15(27)11-14/h3,5-6,9-11,20,26-28H,4,7-8H2,1-2H3,(H,23,24)/t20-/m0/s1. The number of carbonyl (C=O) groups is 1. The molecule has 0 unspecified atom stereocenters. The summed E-state index contributed by atoms with van der Waals surface area (Å²) in [5, 5.41) is 37.2. The molecule has 0 spiro atoms. The molecule has 0 aliphatic carbocycles. The van der Waals surface area contributed by atoms with Crippen LogP contribution in [-0.4, -0.2) is 49.5 Å². The first-order chi connectivity index (χ1) is 13.9. The molecule has 1 aliphatic heterocycles. The van der Waals surface area contributed by atoms with Gasteiger partial charge in [-0.05, 0) is 55.2 Å². The highest BCUT2D eigenvalue weighted by Crippen LogP contribution is 2.45. The Hall–Kier alpha value is -3.32. The number of aromatic hydroxyl groups is 2. The Kier molecular flexibility index (Phi) is 4.76. The molecule has 1 aliphatic rings. The minimum absolute atomic E-state index is 0.0343. The summed E-state index contributed by atoms with van der Waals surface area (Å²) in [5.74, 6) is 0.00928. The molecule has 0 radical (unpaired) electrons. The fourth-order valence-electron chi connectivity index (χ4n) is 4.06. The summed E-state index contributed by atoms with van der Waals surface area (Å²) in [6.45, 7) is 4.09. The maximum Gasteiger partial charge on any atom is 0.273 e. The third kappa shape index (κ3) is 3.13. The molecule has 0 saturated carbocycles. The van der Waals surface area contributed by atoms with Crippen LogP contribution in [0, 0.1) is 13.8 Å². The number of nitrogens with one attached hydrogen (secondary N) is 1. The van der Waals surface area contributed by atoms with Gasteiger partial charge in [-0.3, -0.25) is 9.89 Å². The maximum absolute atomic E-state index is 13.1. The Morgan fingerprint density at radius 3 is 2.69 bits per heavy atom. The van der Waals surface area contributed by atoms with Gasteiger partial charge in [0.15, 0.2) is 0 Å². The third-order valence-electron chi connectivity index (χ3n) is 5.31. The summed E-state index contributed by atoms with van der Waals surface area (Å²) in [6.07, 6.45) is 0.433. The molecule has 0 saturated heterocycles. The van der Waals surface area contributed by atoms with Crippen LogP contribution < -0.4 is 0 Å². The lowest BCUT2D eigenvalue weighted by atomic mass is 9.94. The number of nitrogens with zero attached hydrogens (tertiary/aromatic N) is 2. The monoisotopic (exact) mass is 393 g/mol. The Morgan fingerprint density at radius 1 is 1.17 bits per heavy atom. The van der Waals surface area contributed by atoms with E-state index < -0.39 is 6.04 Å². The molecule has 0 bridgehead atoms. The lowest BCUT2D eigenvalue weighted by Gasteiger charge is -2.26. The number of carbonyl (C=O) groups excluding carboxylic acids is 1. The van der Waals surface area contributed by atoms with Gasteiger partial charge >= 0.3 is 0 Å². The zero-order chi connectivity index (χ0) is 20.7. The predicted octanol–water partition coefficient (Wildman–Crippen LogP) is 3.03. The van der Waals surface area contributed by atoms with E-state index in [2.05, 4.69) is 10.2 Å². The summed E-state index contributed by atoms with van der Waals surface area (Å²) < 4.78 is 0. The summed E-state index contributed by atoms with van der Waals surface area (Å²) in [5.41, 5.74) is 4.54. The van der Waals surface area contributed by atoms with Gasteiger partial charge in [-0.15, -0.1) is 0 Å². The first-order valence-electron chi connectivity index (χ1n) is 9.52. The van der Waals surface area contributed by atoms with Crippen LogP contribution in [0.5, 0.6) is 11.5 Å². The molecular weight excluding hydrogens is 370 g/mol. The van der Waals surface area contributed by atoms with Crippen molar-refractivity contribution >= 4 is 5.91 Å². The summed E-state index contributed by atoms with van der Waals surface area (Å²) in [4.78, 5) is 14.7. The van der Waals surface area contributed by atoms with Crippen LogP contribution in [0.4, 0.5) is 0 Å². The zero-order valence-electron chi connectivity index (χ0n) is 16.3. The number of benzene rings is 2. The van der Waals surface area contributed by atoms with E-state index in [9.17, 15) is 20.1 Å². The topological polar surface area (TPSA) is 110 Å². The van der Waals surface area contributed by atoms with Crippen LogP contribution in [0.15, 0.2) is 36.4 Å². The summed E-state index contributed by atoms with van der Waals surface area (Å²) >= 11 is 0. The van der Waals surface area contributed by atoms with Crippen molar-refractivity contribution in [1.82, 2.24) is 15.1 Å². The number of aliphatic hydroxyl groups is 1. The number of aromatic nitrogens is 2. The van der Waals surface area contributed by atoms with Crippen molar-refractivity contribution < 1.29 is 20.1 Å². The average Bonchev–Trinajstić information content (AvgIpc) is 3.22. The molecule has 3 aromatic rings. The number of aromatic amines is 1. The van der Waals surface area contributed by atoms with Gasteiger partial charge in [0.1, 0.15) is 22.9 Å². The van der Waals surface area contributed by atoms with Gasteiger partial charge in [0, 0.05) is 24.3 Å². The first kappa shape index (κ1) is 19.0. The molecule has 7 nitrogen and oxygen atoms in total. The second-order valence-corrected chi connectivity index (χ2v) is 7.41. The van der Waals surface area contributed by atoms with Crippen molar-refractivity contribution in [2.45, 2.75) is 26.3 Å². The number of aryl methyl sites for hydroxylation is 2. The van der Waals surface area contributed by atoms with Crippen LogP contribution in [0.3, 0.4) is 0 Å². The fraction of sp³-hybridized carbons (Fsp3) is 0.273. The molecule has 2 heterocycles. The van der Waals surface area contributed by atoms with E-state index in [4.69, 9.17) is 0 Å². The highest BCUT2D eigenvalue weighted by atomic mass is 16.3. The van der Waals surface area contributed by atoms with Gasteiger partial charge in [0.2, 0.25) is 0 Å². The minimum Gasteiger partial charge on any atom is -0.508 e. The third-order valence-corrected chi connectivity index (χ3v) is 5.31. The molecule has 4 N–H and O–H groups in total. The van der Waals surface area contributed by atoms with E-state index in [1.165, 1.54) is 0 Å². The summed E-state index contributed by atoms with van der Waals surface area (Å²) in [7, 11) is 0. The Labute approximate surface area is 168 Å². The number of rotatable bonds is 5. The van der Waals surface area contributed by atoms with Gasteiger partial charge in [-0.1, -0.05) is 18.2 Å². The minimum atomic E-state index is -0.481. The lowest BCUT2D eigenvalue weighted by molar-refractivity contribution is 0.0732. The lowest BCUT2D eigenvalue weighted by Crippen LogP contribution is -2.31. The van der Waals surface area contributed by atoms with Crippen LogP contribution >= 0.6 is 0 Å². The number of aliphatic hydroxyl groups excluding tert-OH is 1. The van der Waals surface area contributed by atoms with Gasteiger partial charge in [-0.25, -0.2) is 0 Å². The molecule has 1 aromatic heterocycles. The number of phenolic OH excluding ortho intramolecular Hbond substituents is 2. The SMILES string of the molecule is Cc1cc(C)c(O)c(-c2n[nH]c3c2[C@H](c2cccc(O)c2)N(CCCO)C3=O)c1. The van der Waals surface area contributed by atoms with Crippen molar-refractivity contribution in [3.05, 3.63) is 64.3 Å².